The maximum Gasteiger partial charge on any atom is 0.0499 e. The molecule has 0 radical (unpaired) electrons. The van der Waals surface area contributed by atoms with Crippen LogP contribution in [0.15, 0.2) is 10.5 Å². The van der Waals surface area contributed by atoms with Crippen LogP contribution < -0.4 is 5.32 Å². The summed E-state index contributed by atoms with van der Waals surface area (Å²) in [6.07, 6.45) is 6.21. The number of hydrogen-bond donors (Lipinski definition) is 2. The molecule has 1 heterocycles. The number of hydrogen-bond acceptors (Lipinski definition) is 3. The van der Waals surface area contributed by atoms with Crippen molar-refractivity contribution in [1.29, 1.82) is 0 Å². The molecule has 0 saturated heterocycles. The van der Waals surface area contributed by atoms with E-state index in [-0.39, 0.29) is 5.41 Å². The van der Waals surface area contributed by atoms with Crippen molar-refractivity contribution in [1.82, 2.24) is 5.32 Å². The predicted octanol–water partition coefficient (Wildman–Crippen LogP) is 3.85. The van der Waals surface area contributed by atoms with Crippen LogP contribution in [0.3, 0.4) is 0 Å². The number of nitrogens with one attached hydrogen (secondary N) is 1. The van der Waals surface area contributed by atoms with Crippen molar-refractivity contribution in [3.63, 3.8) is 0 Å². The SMILES string of the molecule is Cc1sc(CNCC2(CO)CCCCC2)cc1Br. The number of aryl methyl sites for hydroxylation is 1. The van der Waals surface area contributed by atoms with E-state index in [1.165, 1.54) is 46.3 Å². The molecule has 0 aromatic carbocycles. The Morgan fingerprint density at radius 2 is 2.11 bits per heavy atom. The molecule has 0 aliphatic heterocycles. The molecule has 0 atom stereocenters. The van der Waals surface area contributed by atoms with Gasteiger partial charge in [0.25, 0.3) is 0 Å². The summed E-state index contributed by atoms with van der Waals surface area (Å²) < 4.78 is 1.21. The number of aliphatic hydroxyl groups excluding tert-OH is 1. The van der Waals surface area contributed by atoms with Crippen LogP contribution in [-0.2, 0) is 6.54 Å². The van der Waals surface area contributed by atoms with Crippen molar-refractivity contribution in [2.45, 2.75) is 45.6 Å². The Bertz CT molecular complexity index is 366. The van der Waals surface area contributed by atoms with Gasteiger partial charge < -0.3 is 10.4 Å². The highest BCUT2D eigenvalue weighted by Crippen LogP contribution is 2.35. The molecule has 102 valence electrons. The van der Waals surface area contributed by atoms with Crippen LogP contribution in [0.25, 0.3) is 0 Å². The first-order valence-corrected chi connectivity index (χ1v) is 8.33. The van der Waals surface area contributed by atoms with E-state index in [1.807, 2.05) is 11.3 Å². The van der Waals surface area contributed by atoms with Crippen molar-refractivity contribution >= 4 is 27.3 Å². The molecular weight excluding hydrogens is 310 g/mol. The van der Waals surface area contributed by atoms with E-state index in [9.17, 15) is 5.11 Å². The minimum absolute atomic E-state index is 0.141. The number of halogens is 1. The van der Waals surface area contributed by atoms with Gasteiger partial charge >= 0.3 is 0 Å². The standard InChI is InChI=1S/C14H22BrNOS/c1-11-13(15)7-12(18-11)8-16-9-14(10-17)5-3-2-4-6-14/h7,16-17H,2-6,8-10H2,1H3. The molecule has 2 nitrogen and oxygen atoms in total. The second-order valence-corrected chi connectivity index (χ2v) is 7.63. The molecule has 0 spiro atoms. The van der Waals surface area contributed by atoms with Crippen molar-refractivity contribution < 1.29 is 5.11 Å². The normalized spacial score (nSPS) is 19.1. The van der Waals surface area contributed by atoms with Crippen molar-refractivity contribution in [2.75, 3.05) is 13.2 Å². The molecule has 18 heavy (non-hydrogen) atoms. The first-order chi connectivity index (χ1) is 8.65. The minimum Gasteiger partial charge on any atom is -0.396 e. The molecule has 2 N–H and O–H groups in total. The summed E-state index contributed by atoms with van der Waals surface area (Å²) in [7, 11) is 0. The molecule has 2 rings (SSSR count). The molecule has 1 aliphatic rings. The minimum atomic E-state index is 0.141. The van der Waals surface area contributed by atoms with Crippen molar-refractivity contribution in [3.8, 4) is 0 Å². The molecule has 0 unspecified atom stereocenters. The summed E-state index contributed by atoms with van der Waals surface area (Å²) in [4.78, 5) is 2.70. The third-order valence-electron chi connectivity index (χ3n) is 3.96. The van der Waals surface area contributed by atoms with Gasteiger partial charge in [-0.3, -0.25) is 0 Å². The third-order valence-corrected chi connectivity index (χ3v) is 6.09. The van der Waals surface area contributed by atoms with Crippen LogP contribution in [0.1, 0.15) is 41.9 Å². The highest BCUT2D eigenvalue weighted by Gasteiger charge is 2.30. The zero-order valence-corrected chi connectivity index (χ0v) is 13.4. The van der Waals surface area contributed by atoms with Gasteiger partial charge in [-0.05, 0) is 41.8 Å². The smallest absolute Gasteiger partial charge is 0.0499 e. The lowest BCUT2D eigenvalue weighted by Gasteiger charge is -2.35. The number of aliphatic hydroxyl groups is 1. The van der Waals surface area contributed by atoms with Gasteiger partial charge in [0.1, 0.15) is 0 Å². The topological polar surface area (TPSA) is 32.3 Å². The van der Waals surface area contributed by atoms with Crippen LogP contribution in [0.2, 0.25) is 0 Å². The maximum atomic E-state index is 9.64. The Morgan fingerprint density at radius 1 is 1.39 bits per heavy atom. The Balaban J connectivity index is 1.83. The molecule has 1 saturated carbocycles. The summed E-state index contributed by atoms with van der Waals surface area (Å²) >= 11 is 5.39. The van der Waals surface area contributed by atoms with Gasteiger partial charge in [0.2, 0.25) is 0 Å². The van der Waals surface area contributed by atoms with Crippen LogP contribution in [-0.4, -0.2) is 18.3 Å². The Labute approximate surface area is 122 Å². The van der Waals surface area contributed by atoms with Crippen LogP contribution in [0.5, 0.6) is 0 Å². The van der Waals surface area contributed by atoms with E-state index in [1.54, 1.807) is 0 Å². The van der Waals surface area contributed by atoms with E-state index in [2.05, 4.69) is 34.2 Å². The number of rotatable bonds is 5. The van der Waals surface area contributed by atoms with Gasteiger partial charge in [-0.15, -0.1) is 11.3 Å². The first-order valence-electron chi connectivity index (χ1n) is 6.72. The monoisotopic (exact) mass is 331 g/mol. The third kappa shape index (κ3) is 3.56. The van der Waals surface area contributed by atoms with Gasteiger partial charge in [0.15, 0.2) is 0 Å². The maximum absolute atomic E-state index is 9.64. The van der Waals surface area contributed by atoms with Gasteiger partial charge in [0, 0.05) is 39.3 Å². The second kappa shape index (κ2) is 6.51. The zero-order valence-electron chi connectivity index (χ0n) is 11.0. The zero-order chi connectivity index (χ0) is 13.0. The summed E-state index contributed by atoms with van der Waals surface area (Å²) in [5, 5.41) is 13.2. The molecule has 1 aromatic rings. The fourth-order valence-corrected chi connectivity index (χ4v) is 4.32. The Morgan fingerprint density at radius 3 is 2.67 bits per heavy atom. The van der Waals surface area contributed by atoms with Crippen molar-refractivity contribution in [3.05, 3.63) is 20.3 Å². The van der Waals surface area contributed by atoms with Crippen LogP contribution in [0, 0.1) is 12.3 Å². The first kappa shape index (κ1) is 14.5. The van der Waals surface area contributed by atoms with Gasteiger partial charge in [0.05, 0.1) is 0 Å². The average Bonchev–Trinajstić information content (AvgIpc) is 2.70. The molecule has 1 aromatic heterocycles. The Hall–Kier alpha value is 0.100. The van der Waals surface area contributed by atoms with Crippen molar-refractivity contribution in [2.24, 2.45) is 5.41 Å². The lowest BCUT2D eigenvalue weighted by molar-refractivity contribution is 0.0811. The highest BCUT2D eigenvalue weighted by molar-refractivity contribution is 9.10. The summed E-state index contributed by atoms with van der Waals surface area (Å²) in [5.74, 6) is 0. The quantitative estimate of drug-likeness (QED) is 0.858. The molecular formula is C14H22BrNOS. The largest absolute Gasteiger partial charge is 0.396 e. The fraction of sp³-hybridized carbons (Fsp3) is 0.714. The summed E-state index contributed by atoms with van der Waals surface area (Å²) in [6.45, 7) is 4.32. The predicted molar refractivity (Wildman–Crippen MR) is 81.1 cm³/mol. The molecule has 0 amide bonds. The fourth-order valence-electron chi connectivity index (χ4n) is 2.75. The molecule has 1 fully saturated rings. The lowest BCUT2D eigenvalue weighted by atomic mass is 9.74. The van der Waals surface area contributed by atoms with Gasteiger partial charge in [-0.1, -0.05) is 19.3 Å². The molecule has 0 bridgehead atoms. The van der Waals surface area contributed by atoms with E-state index < -0.39 is 0 Å². The van der Waals surface area contributed by atoms with E-state index in [0.717, 1.165) is 13.1 Å². The van der Waals surface area contributed by atoms with E-state index in [0.29, 0.717) is 6.61 Å². The lowest BCUT2D eigenvalue weighted by Crippen LogP contribution is -2.38. The Kier molecular flexibility index (Phi) is 5.24. The summed E-state index contributed by atoms with van der Waals surface area (Å²) in [5.41, 5.74) is 0.141. The average molecular weight is 332 g/mol. The van der Waals surface area contributed by atoms with Gasteiger partial charge in [-0.25, -0.2) is 0 Å². The van der Waals surface area contributed by atoms with E-state index >= 15 is 0 Å². The highest BCUT2D eigenvalue weighted by atomic mass is 79.9. The second-order valence-electron chi connectivity index (χ2n) is 5.44. The molecule has 1 aliphatic carbocycles. The molecule has 4 heteroatoms. The van der Waals surface area contributed by atoms with E-state index in [4.69, 9.17) is 0 Å². The van der Waals surface area contributed by atoms with Gasteiger partial charge in [-0.2, -0.15) is 0 Å². The van der Waals surface area contributed by atoms with Crippen LogP contribution in [0.4, 0.5) is 0 Å². The van der Waals surface area contributed by atoms with Crippen LogP contribution >= 0.6 is 27.3 Å². The number of thiophene rings is 1. The summed E-state index contributed by atoms with van der Waals surface area (Å²) in [6, 6.07) is 2.19.